The molecule has 2 unspecified atom stereocenters. The van der Waals surface area contributed by atoms with Gasteiger partial charge in [0.2, 0.25) is 10.0 Å². The summed E-state index contributed by atoms with van der Waals surface area (Å²) in [6.07, 6.45) is 5.48. The molecule has 1 aromatic heterocycles. The summed E-state index contributed by atoms with van der Waals surface area (Å²) in [6, 6.07) is 6.27. The van der Waals surface area contributed by atoms with E-state index in [1.54, 1.807) is 34.4 Å². The number of anilines is 1. The molecule has 1 amide bonds. The molecule has 0 spiro atoms. The smallest absolute Gasteiger partial charge is 0.260 e. The number of aromatic nitrogens is 1. The number of carbonyl (C=O) groups excluding carboxylic acids is 1. The molecule has 1 saturated heterocycles. The molecule has 0 bridgehead atoms. The average Bonchev–Trinajstić information content (AvgIpc) is 3.20. The monoisotopic (exact) mass is 475 g/mol. The van der Waals surface area contributed by atoms with Crippen molar-refractivity contribution in [2.45, 2.75) is 56.6 Å². The van der Waals surface area contributed by atoms with Crippen molar-refractivity contribution in [1.29, 1.82) is 0 Å². The molecule has 0 saturated carbocycles. The van der Waals surface area contributed by atoms with Gasteiger partial charge in [-0.05, 0) is 57.7 Å². The number of ether oxygens (including phenoxy) is 1. The van der Waals surface area contributed by atoms with Crippen LogP contribution in [0.2, 0.25) is 0 Å². The Morgan fingerprint density at radius 1 is 1.28 bits per heavy atom. The number of aryl methyl sites for hydroxylation is 2. The summed E-state index contributed by atoms with van der Waals surface area (Å²) in [6.45, 7) is 8.39. The number of thiazole rings is 1. The maximum Gasteiger partial charge on any atom is 0.260 e. The second kappa shape index (κ2) is 9.43. The molecule has 0 N–H and O–H groups in total. The van der Waals surface area contributed by atoms with Gasteiger partial charge in [0.1, 0.15) is 0 Å². The lowest BCUT2D eigenvalue weighted by atomic mass is 10.0. The van der Waals surface area contributed by atoms with Crippen molar-refractivity contribution in [3.05, 3.63) is 53.1 Å². The van der Waals surface area contributed by atoms with Crippen molar-refractivity contribution in [2.75, 3.05) is 24.5 Å². The fourth-order valence-electron chi connectivity index (χ4n) is 4.25. The molecule has 1 aliphatic heterocycles. The van der Waals surface area contributed by atoms with E-state index in [1.165, 1.54) is 21.3 Å². The summed E-state index contributed by atoms with van der Waals surface area (Å²) in [5, 5.41) is 0.644. The minimum atomic E-state index is -3.74. The molecule has 1 aromatic carbocycles. The molecule has 172 valence electrons. The maximum absolute atomic E-state index is 13.4. The fourth-order valence-corrected chi connectivity index (χ4v) is 7.04. The van der Waals surface area contributed by atoms with E-state index in [0.717, 1.165) is 31.4 Å². The van der Waals surface area contributed by atoms with Gasteiger partial charge in [0, 0.05) is 30.1 Å². The number of nitrogens with zero attached hydrogens (tertiary/aromatic N) is 3. The van der Waals surface area contributed by atoms with Gasteiger partial charge in [-0.25, -0.2) is 13.4 Å². The summed E-state index contributed by atoms with van der Waals surface area (Å²) in [5.41, 5.74) is 1.39. The molecular formula is C23H29N3O4S2. The fraction of sp³-hybridized carbons (Fsp3) is 0.478. The number of carbonyl (C=O) groups is 1. The zero-order valence-electron chi connectivity index (χ0n) is 18.5. The van der Waals surface area contributed by atoms with Gasteiger partial charge in [-0.3, -0.25) is 9.69 Å². The molecule has 1 fully saturated rings. The summed E-state index contributed by atoms with van der Waals surface area (Å²) < 4.78 is 33.6. The van der Waals surface area contributed by atoms with Crippen LogP contribution in [-0.4, -0.2) is 55.5 Å². The largest absolute Gasteiger partial charge is 0.373 e. The zero-order chi connectivity index (χ0) is 22.9. The number of hydrogen-bond donors (Lipinski definition) is 0. The van der Waals surface area contributed by atoms with Gasteiger partial charge in [0.15, 0.2) is 5.13 Å². The van der Waals surface area contributed by atoms with Gasteiger partial charge < -0.3 is 4.74 Å². The number of hydrogen-bond acceptors (Lipinski definition) is 6. The van der Waals surface area contributed by atoms with E-state index in [1.807, 2.05) is 13.8 Å². The van der Waals surface area contributed by atoms with E-state index in [2.05, 4.69) is 6.58 Å². The lowest BCUT2D eigenvalue weighted by Crippen LogP contribution is -2.48. The van der Waals surface area contributed by atoms with Crippen LogP contribution < -0.4 is 4.90 Å². The van der Waals surface area contributed by atoms with Crippen LogP contribution in [0.5, 0.6) is 0 Å². The molecule has 2 atom stereocenters. The summed E-state index contributed by atoms with van der Waals surface area (Å²) in [4.78, 5) is 21.1. The van der Waals surface area contributed by atoms with Gasteiger partial charge in [0.25, 0.3) is 5.91 Å². The number of sulfonamides is 1. The summed E-state index contributed by atoms with van der Waals surface area (Å²) in [7, 11) is -3.74. The molecule has 7 nitrogen and oxygen atoms in total. The summed E-state index contributed by atoms with van der Waals surface area (Å²) in [5.74, 6) is -0.281. The molecule has 1 aliphatic carbocycles. The second-order valence-electron chi connectivity index (χ2n) is 8.39. The quantitative estimate of drug-likeness (QED) is 0.596. The van der Waals surface area contributed by atoms with Crippen molar-refractivity contribution < 1.29 is 17.9 Å². The lowest BCUT2D eigenvalue weighted by Gasteiger charge is -2.34. The third kappa shape index (κ3) is 4.66. The lowest BCUT2D eigenvalue weighted by molar-refractivity contribution is -0.0440. The predicted octanol–water partition coefficient (Wildman–Crippen LogP) is 3.65. The Morgan fingerprint density at radius 2 is 2.00 bits per heavy atom. The van der Waals surface area contributed by atoms with Crippen molar-refractivity contribution >= 4 is 32.4 Å². The van der Waals surface area contributed by atoms with E-state index in [4.69, 9.17) is 9.72 Å². The second-order valence-corrected chi connectivity index (χ2v) is 11.4. The Balaban J connectivity index is 1.63. The van der Waals surface area contributed by atoms with E-state index in [-0.39, 0.29) is 36.1 Å². The molecular weight excluding hydrogens is 446 g/mol. The van der Waals surface area contributed by atoms with Crippen LogP contribution in [0.25, 0.3) is 0 Å². The van der Waals surface area contributed by atoms with Gasteiger partial charge in [-0.1, -0.05) is 12.1 Å². The van der Waals surface area contributed by atoms with Crippen LogP contribution >= 0.6 is 11.3 Å². The van der Waals surface area contributed by atoms with E-state index < -0.39 is 10.0 Å². The topological polar surface area (TPSA) is 79.8 Å². The third-order valence-corrected chi connectivity index (χ3v) is 8.74. The van der Waals surface area contributed by atoms with Crippen LogP contribution in [0.3, 0.4) is 0 Å². The minimum absolute atomic E-state index is 0.113. The number of morpholine rings is 1. The SMILES string of the molecule is C=CCN(C(=O)c1cccc(S(=O)(=O)N2CC(C)OC(C)C2)c1)c1nc2c(s1)CCCC2. The van der Waals surface area contributed by atoms with Crippen molar-refractivity contribution in [2.24, 2.45) is 0 Å². The Morgan fingerprint density at radius 3 is 2.69 bits per heavy atom. The Labute approximate surface area is 193 Å². The zero-order valence-corrected chi connectivity index (χ0v) is 20.1. The number of amides is 1. The highest BCUT2D eigenvalue weighted by atomic mass is 32.2. The summed E-state index contributed by atoms with van der Waals surface area (Å²) >= 11 is 1.55. The molecule has 9 heteroatoms. The number of fused-ring (bicyclic) bond motifs is 1. The molecule has 2 heterocycles. The van der Waals surface area contributed by atoms with Gasteiger partial charge in [0.05, 0.1) is 22.8 Å². The first kappa shape index (κ1) is 23.1. The first-order valence-electron chi connectivity index (χ1n) is 11.0. The molecule has 2 aromatic rings. The highest BCUT2D eigenvalue weighted by Gasteiger charge is 2.33. The highest BCUT2D eigenvalue weighted by Crippen LogP contribution is 2.33. The predicted molar refractivity (Wildman–Crippen MR) is 126 cm³/mol. The first-order chi connectivity index (χ1) is 15.3. The molecule has 4 rings (SSSR count). The van der Waals surface area contributed by atoms with Crippen molar-refractivity contribution in [1.82, 2.24) is 9.29 Å². The third-order valence-electron chi connectivity index (χ3n) is 5.73. The van der Waals surface area contributed by atoms with Gasteiger partial charge >= 0.3 is 0 Å². The van der Waals surface area contributed by atoms with E-state index in [0.29, 0.717) is 17.2 Å². The Kier molecular flexibility index (Phi) is 6.80. The van der Waals surface area contributed by atoms with Crippen LogP contribution in [0.15, 0.2) is 41.8 Å². The average molecular weight is 476 g/mol. The minimum Gasteiger partial charge on any atom is -0.373 e. The van der Waals surface area contributed by atoms with Crippen molar-refractivity contribution in [3.8, 4) is 0 Å². The van der Waals surface area contributed by atoms with Gasteiger partial charge in [-0.15, -0.1) is 17.9 Å². The van der Waals surface area contributed by atoms with Crippen LogP contribution in [0.4, 0.5) is 5.13 Å². The van der Waals surface area contributed by atoms with Gasteiger partial charge in [-0.2, -0.15) is 4.31 Å². The molecule has 0 radical (unpaired) electrons. The number of rotatable bonds is 6. The van der Waals surface area contributed by atoms with E-state index >= 15 is 0 Å². The van der Waals surface area contributed by atoms with Crippen LogP contribution in [-0.2, 0) is 27.6 Å². The van der Waals surface area contributed by atoms with Crippen LogP contribution in [0.1, 0.15) is 47.6 Å². The standard InChI is InChI=1S/C23H29N3O4S2/c1-4-12-26(23-24-20-10-5-6-11-21(20)31-23)22(27)18-8-7-9-19(13-18)32(28,29)25-14-16(2)30-17(3)15-25/h4,7-9,13,16-17H,1,5-6,10-12,14-15H2,2-3H3. The Hall–Kier alpha value is -2.07. The maximum atomic E-state index is 13.4. The highest BCUT2D eigenvalue weighted by molar-refractivity contribution is 7.89. The molecule has 32 heavy (non-hydrogen) atoms. The van der Waals surface area contributed by atoms with Crippen LogP contribution in [0, 0.1) is 0 Å². The first-order valence-corrected chi connectivity index (χ1v) is 13.2. The molecule has 2 aliphatic rings. The Bertz CT molecular complexity index is 1080. The van der Waals surface area contributed by atoms with E-state index in [9.17, 15) is 13.2 Å². The van der Waals surface area contributed by atoms with Crippen molar-refractivity contribution in [3.63, 3.8) is 0 Å². The normalized spacial score (nSPS) is 21.7. The number of benzene rings is 1.